The maximum absolute atomic E-state index is 13.2. The quantitative estimate of drug-likeness (QED) is 0.822. The molecule has 0 aliphatic rings. The van der Waals surface area contributed by atoms with Crippen molar-refractivity contribution in [2.75, 3.05) is 6.54 Å². The summed E-state index contributed by atoms with van der Waals surface area (Å²) in [6.45, 7) is 2.41. The van der Waals surface area contributed by atoms with E-state index in [0.29, 0.717) is 6.54 Å². The summed E-state index contributed by atoms with van der Waals surface area (Å²) in [5, 5.41) is 2.60. The Morgan fingerprint density at radius 2 is 2.29 bits per heavy atom. The molecule has 2 nitrogen and oxygen atoms in total. The smallest absolute Gasteiger partial charge is 0.252 e. The van der Waals surface area contributed by atoms with Gasteiger partial charge in [0, 0.05) is 6.54 Å². The molecular formula is C12H14BrClFNO. The van der Waals surface area contributed by atoms with Crippen LogP contribution in [0.2, 0.25) is 0 Å². The van der Waals surface area contributed by atoms with E-state index in [2.05, 4.69) is 21.2 Å². The summed E-state index contributed by atoms with van der Waals surface area (Å²) in [4.78, 5) is 11.8. The van der Waals surface area contributed by atoms with Gasteiger partial charge in [0.05, 0.1) is 15.4 Å². The molecule has 0 aromatic heterocycles. The summed E-state index contributed by atoms with van der Waals surface area (Å²) in [7, 11) is 0. The predicted molar refractivity (Wildman–Crippen MR) is 71.0 cm³/mol. The number of halogens is 3. The Morgan fingerprint density at radius 3 is 2.94 bits per heavy atom. The normalized spacial score (nSPS) is 12.2. The lowest BCUT2D eigenvalue weighted by atomic mass is 10.2. The number of hydrogen-bond donors (Lipinski definition) is 1. The van der Waals surface area contributed by atoms with Crippen molar-refractivity contribution < 1.29 is 9.18 Å². The highest BCUT2D eigenvalue weighted by atomic mass is 79.9. The van der Waals surface area contributed by atoms with Crippen molar-refractivity contribution >= 4 is 33.4 Å². The van der Waals surface area contributed by atoms with Gasteiger partial charge in [0.25, 0.3) is 5.91 Å². The number of amides is 1. The minimum Gasteiger partial charge on any atom is -0.351 e. The number of hydrogen-bond acceptors (Lipinski definition) is 1. The van der Waals surface area contributed by atoms with E-state index in [1.54, 1.807) is 6.07 Å². The van der Waals surface area contributed by atoms with Crippen LogP contribution in [0.3, 0.4) is 0 Å². The van der Waals surface area contributed by atoms with Crippen LogP contribution in [0.5, 0.6) is 0 Å². The molecule has 1 unspecified atom stereocenters. The van der Waals surface area contributed by atoms with Gasteiger partial charge in [-0.25, -0.2) is 4.39 Å². The minimum atomic E-state index is -0.450. The first-order valence-electron chi connectivity index (χ1n) is 5.42. The lowest BCUT2D eigenvalue weighted by Gasteiger charge is -2.10. The lowest BCUT2D eigenvalue weighted by Crippen LogP contribution is -2.30. The van der Waals surface area contributed by atoms with Crippen molar-refractivity contribution in [2.45, 2.75) is 25.1 Å². The fraction of sp³-hybridized carbons (Fsp3) is 0.417. The SMILES string of the molecule is CCCC(Cl)CNC(=O)c1cccc(F)c1Br. The van der Waals surface area contributed by atoms with Gasteiger partial charge in [-0.2, -0.15) is 0 Å². The summed E-state index contributed by atoms with van der Waals surface area (Å²) in [5.74, 6) is -0.772. The van der Waals surface area contributed by atoms with Crippen LogP contribution in [0.4, 0.5) is 4.39 Å². The second kappa shape index (κ2) is 6.97. The van der Waals surface area contributed by atoms with Gasteiger partial charge in [-0.15, -0.1) is 11.6 Å². The molecule has 0 aliphatic carbocycles. The molecule has 0 spiro atoms. The van der Waals surface area contributed by atoms with Gasteiger partial charge in [0.15, 0.2) is 0 Å². The number of benzene rings is 1. The van der Waals surface area contributed by atoms with Crippen LogP contribution in [-0.2, 0) is 0 Å². The average Bonchev–Trinajstić information content (AvgIpc) is 2.30. The molecule has 94 valence electrons. The second-order valence-electron chi connectivity index (χ2n) is 3.70. The Labute approximate surface area is 114 Å². The van der Waals surface area contributed by atoms with Gasteiger partial charge < -0.3 is 5.32 Å². The molecular weight excluding hydrogens is 308 g/mol. The van der Waals surface area contributed by atoms with E-state index in [0.717, 1.165) is 12.8 Å². The molecule has 1 rings (SSSR count). The van der Waals surface area contributed by atoms with Crippen LogP contribution in [0.1, 0.15) is 30.1 Å². The lowest BCUT2D eigenvalue weighted by molar-refractivity contribution is 0.0952. The summed E-state index contributed by atoms with van der Waals surface area (Å²) in [6.07, 6.45) is 1.81. The standard InChI is InChI=1S/C12H14BrClFNO/c1-2-4-8(14)7-16-12(17)9-5-3-6-10(15)11(9)13/h3,5-6,8H,2,4,7H2,1H3,(H,16,17). The third-order valence-electron chi connectivity index (χ3n) is 2.28. The zero-order chi connectivity index (χ0) is 12.8. The third kappa shape index (κ3) is 4.28. The number of alkyl halides is 1. The number of nitrogens with one attached hydrogen (secondary N) is 1. The van der Waals surface area contributed by atoms with Gasteiger partial charge in [0.2, 0.25) is 0 Å². The van der Waals surface area contributed by atoms with Gasteiger partial charge in [-0.3, -0.25) is 4.79 Å². The van der Waals surface area contributed by atoms with Crippen molar-refractivity contribution in [3.05, 3.63) is 34.1 Å². The number of rotatable bonds is 5. The highest BCUT2D eigenvalue weighted by Crippen LogP contribution is 2.20. The molecule has 0 fully saturated rings. The first-order valence-corrected chi connectivity index (χ1v) is 6.65. The molecule has 0 heterocycles. The first-order chi connectivity index (χ1) is 8.06. The first kappa shape index (κ1) is 14.5. The Bertz CT molecular complexity index is 400. The van der Waals surface area contributed by atoms with Crippen LogP contribution < -0.4 is 5.32 Å². The third-order valence-corrected chi connectivity index (χ3v) is 3.46. The molecule has 1 aromatic carbocycles. The summed E-state index contributed by atoms with van der Waals surface area (Å²) < 4.78 is 13.4. The van der Waals surface area contributed by atoms with E-state index < -0.39 is 5.82 Å². The molecule has 0 bridgehead atoms. The van der Waals surface area contributed by atoms with E-state index in [1.165, 1.54) is 12.1 Å². The summed E-state index contributed by atoms with van der Waals surface area (Å²) >= 11 is 9.03. The van der Waals surface area contributed by atoms with Crippen LogP contribution >= 0.6 is 27.5 Å². The molecule has 0 aliphatic heterocycles. The van der Waals surface area contributed by atoms with Crippen molar-refractivity contribution in [2.24, 2.45) is 0 Å². The highest BCUT2D eigenvalue weighted by molar-refractivity contribution is 9.10. The number of carbonyl (C=O) groups excluding carboxylic acids is 1. The molecule has 5 heteroatoms. The van der Waals surface area contributed by atoms with Gasteiger partial charge >= 0.3 is 0 Å². The maximum atomic E-state index is 13.2. The van der Waals surface area contributed by atoms with Crippen molar-refractivity contribution in [1.29, 1.82) is 0 Å². The Balaban J connectivity index is 2.61. The number of carbonyl (C=O) groups is 1. The fourth-order valence-corrected chi connectivity index (χ4v) is 2.13. The van der Waals surface area contributed by atoms with E-state index in [4.69, 9.17) is 11.6 Å². The molecule has 17 heavy (non-hydrogen) atoms. The molecule has 1 N–H and O–H groups in total. The van der Waals surface area contributed by atoms with Gasteiger partial charge in [-0.05, 0) is 34.5 Å². The van der Waals surface area contributed by atoms with Crippen molar-refractivity contribution in [3.8, 4) is 0 Å². The molecule has 0 radical (unpaired) electrons. The monoisotopic (exact) mass is 321 g/mol. The molecule has 1 atom stereocenters. The summed E-state index contributed by atoms with van der Waals surface area (Å²) in [5.41, 5.74) is 0.283. The van der Waals surface area contributed by atoms with E-state index in [9.17, 15) is 9.18 Å². The fourth-order valence-electron chi connectivity index (χ4n) is 1.39. The van der Waals surface area contributed by atoms with Crippen LogP contribution in [0, 0.1) is 5.82 Å². The zero-order valence-corrected chi connectivity index (χ0v) is 11.8. The zero-order valence-electron chi connectivity index (χ0n) is 9.47. The predicted octanol–water partition coefficient (Wildman–Crippen LogP) is 3.73. The minimum absolute atomic E-state index is 0.0868. The topological polar surface area (TPSA) is 29.1 Å². The molecule has 1 aromatic rings. The maximum Gasteiger partial charge on any atom is 0.252 e. The highest BCUT2D eigenvalue weighted by Gasteiger charge is 2.13. The largest absolute Gasteiger partial charge is 0.351 e. The van der Waals surface area contributed by atoms with E-state index >= 15 is 0 Å². The van der Waals surface area contributed by atoms with Crippen LogP contribution in [0.15, 0.2) is 22.7 Å². The Morgan fingerprint density at radius 1 is 1.59 bits per heavy atom. The Hall–Kier alpha value is -0.610. The van der Waals surface area contributed by atoms with Crippen molar-refractivity contribution in [1.82, 2.24) is 5.32 Å². The van der Waals surface area contributed by atoms with E-state index in [-0.39, 0.29) is 21.3 Å². The summed E-state index contributed by atoms with van der Waals surface area (Å²) in [6, 6.07) is 4.35. The molecule has 0 saturated carbocycles. The Kier molecular flexibility index (Phi) is 5.92. The second-order valence-corrected chi connectivity index (χ2v) is 5.11. The average molecular weight is 323 g/mol. The molecule has 1 amide bonds. The van der Waals surface area contributed by atoms with Gasteiger partial charge in [0.1, 0.15) is 5.82 Å². The van der Waals surface area contributed by atoms with Crippen LogP contribution in [-0.4, -0.2) is 17.8 Å². The van der Waals surface area contributed by atoms with Crippen molar-refractivity contribution in [3.63, 3.8) is 0 Å². The van der Waals surface area contributed by atoms with Gasteiger partial charge in [-0.1, -0.05) is 19.4 Å². The van der Waals surface area contributed by atoms with E-state index in [1.807, 2.05) is 6.92 Å². The van der Waals surface area contributed by atoms with Crippen LogP contribution in [0.25, 0.3) is 0 Å². The molecule has 0 saturated heterocycles.